The summed E-state index contributed by atoms with van der Waals surface area (Å²) in [6.45, 7) is 3.85. The summed E-state index contributed by atoms with van der Waals surface area (Å²) in [6.07, 6.45) is 0.781. The van der Waals surface area contributed by atoms with Gasteiger partial charge in [0.1, 0.15) is 5.82 Å². The van der Waals surface area contributed by atoms with Crippen molar-refractivity contribution >= 4 is 36.4 Å². The van der Waals surface area contributed by atoms with Crippen molar-refractivity contribution < 1.29 is 9.18 Å². The van der Waals surface area contributed by atoms with Gasteiger partial charge in [-0.25, -0.2) is 4.39 Å². The summed E-state index contributed by atoms with van der Waals surface area (Å²) in [6, 6.07) is 6.70. The maximum atomic E-state index is 13.5. The molecule has 1 aromatic rings. The Morgan fingerprint density at radius 3 is 2.55 bits per heavy atom. The molecule has 1 atom stereocenters. The van der Waals surface area contributed by atoms with E-state index in [4.69, 9.17) is 0 Å². The number of benzene rings is 1. The Bertz CT molecular complexity index is 435. The van der Waals surface area contributed by atoms with Crippen LogP contribution in [0.15, 0.2) is 24.3 Å². The molecule has 0 saturated carbocycles. The Morgan fingerprint density at radius 1 is 1.32 bits per heavy atom. The zero-order valence-electron chi connectivity index (χ0n) is 13.3. The molecule has 128 valence electrons. The second-order valence-corrected chi connectivity index (χ2v) is 4.98. The average molecular weight is 354 g/mol. The predicted molar refractivity (Wildman–Crippen MR) is 94.9 cm³/mol. The Kier molecular flexibility index (Phi) is 13.2. The van der Waals surface area contributed by atoms with Gasteiger partial charge >= 0.3 is 0 Å². The van der Waals surface area contributed by atoms with Crippen molar-refractivity contribution in [3.05, 3.63) is 30.1 Å². The predicted octanol–water partition coefficient (Wildman–Crippen LogP) is 2.47. The minimum Gasteiger partial charge on any atom is -0.372 e. The Hall–Kier alpha value is -1.04. The van der Waals surface area contributed by atoms with Crippen LogP contribution < -0.4 is 15.5 Å². The molecular weight excluding hydrogens is 328 g/mol. The molecule has 1 amide bonds. The van der Waals surface area contributed by atoms with Crippen LogP contribution in [-0.4, -0.2) is 39.6 Å². The maximum absolute atomic E-state index is 13.5. The van der Waals surface area contributed by atoms with Crippen molar-refractivity contribution in [1.29, 1.82) is 0 Å². The summed E-state index contributed by atoms with van der Waals surface area (Å²) in [4.78, 5) is 13.5. The third kappa shape index (κ3) is 7.82. The fourth-order valence-corrected chi connectivity index (χ4v) is 1.98. The number of halogens is 3. The smallest absolute Gasteiger partial charge is 0.224 e. The second kappa shape index (κ2) is 12.5. The van der Waals surface area contributed by atoms with E-state index in [0.717, 1.165) is 6.42 Å². The minimum atomic E-state index is -0.221. The molecule has 0 aliphatic carbocycles. The van der Waals surface area contributed by atoms with Crippen LogP contribution in [0.2, 0.25) is 0 Å². The van der Waals surface area contributed by atoms with Crippen LogP contribution >= 0.6 is 24.8 Å². The highest BCUT2D eigenvalue weighted by atomic mass is 35.5. The Balaban J connectivity index is 0. The second-order valence-electron chi connectivity index (χ2n) is 4.98. The van der Waals surface area contributed by atoms with Crippen molar-refractivity contribution in [2.24, 2.45) is 5.92 Å². The molecule has 1 rings (SSSR count). The van der Waals surface area contributed by atoms with Crippen LogP contribution in [-0.2, 0) is 4.79 Å². The highest BCUT2D eigenvalue weighted by Crippen LogP contribution is 2.16. The number of anilines is 1. The summed E-state index contributed by atoms with van der Waals surface area (Å²) in [7, 11) is 3.68. The molecule has 0 saturated heterocycles. The van der Waals surface area contributed by atoms with Gasteiger partial charge in [-0.05, 0) is 25.6 Å². The van der Waals surface area contributed by atoms with E-state index in [1.54, 1.807) is 12.1 Å². The third-order valence-electron chi connectivity index (χ3n) is 3.19. The minimum absolute atomic E-state index is 0. The van der Waals surface area contributed by atoms with Crippen molar-refractivity contribution in [2.45, 2.75) is 13.3 Å². The first-order chi connectivity index (χ1) is 9.56. The van der Waals surface area contributed by atoms with Gasteiger partial charge in [-0.2, -0.15) is 0 Å². The van der Waals surface area contributed by atoms with Crippen molar-refractivity contribution in [3.63, 3.8) is 0 Å². The van der Waals surface area contributed by atoms with Crippen LogP contribution in [0, 0.1) is 11.7 Å². The van der Waals surface area contributed by atoms with E-state index in [1.807, 2.05) is 32.0 Å². The highest BCUT2D eigenvalue weighted by Gasteiger charge is 2.11. The highest BCUT2D eigenvalue weighted by molar-refractivity contribution is 5.85. The van der Waals surface area contributed by atoms with Crippen LogP contribution in [0.5, 0.6) is 0 Å². The first kappa shape index (κ1) is 23.2. The molecule has 2 N–H and O–H groups in total. The first-order valence-electron chi connectivity index (χ1n) is 6.94. The Labute approximate surface area is 144 Å². The topological polar surface area (TPSA) is 44.4 Å². The van der Waals surface area contributed by atoms with Gasteiger partial charge in [0.15, 0.2) is 0 Å². The van der Waals surface area contributed by atoms with E-state index in [1.165, 1.54) is 6.07 Å². The number of hydrogen-bond donors (Lipinski definition) is 2. The van der Waals surface area contributed by atoms with E-state index < -0.39 is 0 Å². The number of nitrogens with zero attached hydrogens (tertiary/aromatic N) is 1. The zero-order chi connectivity index (χ0) is 15.0. The summed E-state index contributed by atoms with van der Waals surface area (Å²) >= 11 is 0. The van der Waals surface area contributed by atoms with Gasteiger partial charge in [0.2, 0.25) is 5.91 Å². The molecule has 0 fully saturated rings. The number of amides is 1. The number of rotatable bonds is 8. The third-order valence-corrected chi connectivity index (χ3v) is 3.19. The Morgan fingerprint density at radius 2 is 1.95 bits per heavy atom. The lowest BCUT2D eigenvalue weighted by Gasteiger charge is -2.20. The lowest BCUT2D eigenvalue weighted by molar-refractivity contribution is -0.124. The van der Waals surface area contributed by atoms with Crippen LogP contribution in [0.1, 0.15) is 13.3 Å². The van der Waals surface area contributed by atoms with E-state index in [9.17, 15) is 9.18 Å². The van der Waals surface area contributed by atoms with Gasteiger partial charge in [-0.3, -0.25) is 4.79 Å². The largest absolute Gasteiger partial charge is 0.372 e. The fraction of sp³-hybridized carbons (Fsp3) is 0.533. The molecular formula is C15H26Cl2FN3O. The first-order valence-corrected chi connectivity index (χ1v) is 6.94. The monoisotopic (exact) mass is 353 g/mol. The molecule has 0 aliphatic rings. The molecule has 22 heavy (non-hydrogen) atoms. The summed E-state index contributed by atoms with van der Waals surface area (Å²) in [5, 5.41) is 5.86. The zero-order valence-corrected chi connectivity index (χ0v) is 14.9. The molecule has 4 nitrogen and oxygen atoms in total. The molecule has 0 aromatic heterocycles. The van der Waals surface area contributed by atoms with Gasteiger partial charge in [0, 0.05) is 32.6 Å². The lowest BCUT2D eigenvalue weighted by atomic mass is 10.1. The molecule has 0 bridgehead atoms. The average Bonchev–Trinajstić information content (AvgIpc) is 2.43. The summed E-state index contributed by atoms with van der Waals surface area (Å²) in [5.41, 5.74) is 0.586. The van der Waals surface area contributed by atoms with Gasteiger partial charge in [-0.1, -0.05) is 19.1 Å². The van der Waals surface area contributed by atoms with E-state index in [0.29, 0.717) is 25.3 Å². The number of nitrogens with one attached hydrogen (secondary N) is 2. The standard InChI is InChI=1S/C15H24FN3O.2ClH/c1-12(11-17-2)15(20)18-9-6-10-19(3)14-8-5-4-7-13(14)16;;/h4-5,7-8,12,17H,6,9-11H2,1-3H3,(H,18,20);2*1H. The molecule has 0 aliphatic heterocycles. The van der Waals surface area contributed by atoms with Crippen molar-refractivity contribution in [3.8, 4) is 0 Å². The molecule has 1 unspecified atom stereocenters. The molecule has 7 heteroatoms. The van der Waals surface area contributed by atoms with E-state index in [2.05, 4.69) is 10.6 Å². The number of carbonyl (C=O) groups excluding carboxylic acids is 1. The van der Waals surface area contributed by atoms with Crippen molar-refractivity contribution in [2.75, 3.05) is 38.6 Å². The fourth-order valence-electron chi connectivity index (χ4n) is 1.98. The number of hydrogen-bond acceptors (Lipinski definition) is 3. The summed E-state index contributed by atoms with van der Waals surface area (Å²) < 4.78 is 13.5. The molecule has 0 spiro atoms. The van der Waals surface area contributed by atoms with Gasteiger partial charge < -0.3 is 15.5 Å². The van der Waals surface area contributed by atoms with E-state index in [-0.39, 0.29) is 42.5 Å². The van der Waals surface area contributed by atoms with Crippen LogP contribution in [0.4, 0.5) is 10.1 Å². The van der Waals surface area contributed by atoms with Gasteiger partial charge in [-0.15, -0.1) is 24.8 Å². The maximum Gasteiger partial charge on any atom is 0.224 e. The quantitative estimate of drug-likeness (QED) is 0.705. The normalized spacial score (nSPS) is 10.9. The number of para-hydroxylation sites is 1. The van der Waals surface area contributed by atoms with Crippen molar-refractivity contribution in [1.82, 2.24) is 10.6 Å². The van der Waals surface area contributed by atoms with Gasteiger partial charge in [0.05, 0.1) is 5.69 Å². The van der Waals surface area contributed by atoms with Gasteiger partial charge in [0.25, 0.3) is 0 Å². The van der Waals surface area contributed by atoms with Crippen LogP contribution in [0.3, 0.4) is 0 Å². The number of carbonyl (C=O) groups is 1. The molecule has 0 heterocycles. The SMILES string of the molecule is CNCC(C)C(=O)NCCCN(C)c1ccccc1F.Cl.Cl. The summed E-state index contributed by atoms with van der Waals surface area (Å²) in [5.74, 6) is -0.209. The lowest BCUT2D eigenvalue weighted by Crippen LogP contribution is -2.35. The molecule has 1 aromatic carbocycles. The van der Waals surface area contributed by atoms with Crippen LogP contribution in [0.25, 0.3) is 0 Å². The molecule has 0 radical (unpaired) electrons. The van der Waals surface area contributed by atoms with E-state index >= 15 is 0 Å².